The van der Waals surface area contributed by atoms with Crippen molar-refractivity contribution in [2.24, 2.45) is 0 Å². The summed E-state index contributed by atoms with van der Waals surface area (Å²) in [5, 5.41) is 0. The molecule has 0 spiro atoms. The molecule has 9 nitrogen and oxygen atoms in total. The molecule has 1 amide bonds. The van der Waals surface area contributed by atoms with Crippen molar-refractivity contribution in [3.05, 3.63) is 92.1 Å². The fourth-order valence-electron chi connectivity index (χ4n) is 5.03. The highest BCUT2D eigenvalue weighted by Crippen LogP contribution is 2.36. The van der Waals surface area contributed by atoms with Gasteiger partial charge in [-0.15, -0.1) is 0 Å². The van der Waals surface area contributed by atoms with E-state index in [4.69, 9.17) is 10.5 Å². The Labute approximate surface area is 201 Å². The number of anilines is 2. The fraction of sp³-hybridized carbons (Fsp3) is 0.308. The maximum absolute atomic E-state index is 13.7. The van der Waals surface area contributed by atoms with Gasteiger partial charge >= 0.3 is 11.7 Å². The number of hydrogen-bond donors (Lipinski definition) is 2. The number of esters is 1. The van der Waals surface area contributed by atoms with Crippen molar-refractivity contribution in [2.75, 3.05) is 10.6 Å². The van der Waals surface area contributed by atoms with Crippen molar-refractivity contribution in [2.45, 2.75) is 50.8 Å². The van der Waals surface area contributed by atoms with Crippen molar-refractivity contribution in [3.63, 3.8) is 0 Å². The molecule has 1 saturated carbocycles. The van der Waals surface area contributed by atoms with Gasteiger partial charge in [-0.05, 0) is 24.5 Å². The van der Waals surface area contributed by atoms with E-state index in [1.54, 1.807) is 24.3 Å². The second kappa shape index (κ2) is 9.25. The minimum absolute atomic E-state index is 0.0324. The minimum Gasteiger partial charge on any atom is -0.453 e. The van der Waals surface area contributed by atoms with Crippen molar-refractivity contribution < 1.29 is 14.3 Å². The highest BCUT2D eigenvalue weighted by molar-refractivity contribution is 5.99. The molecule has 180 valence electrons. The van der Waals surface area contributed by atoms with Crippen LogP contribution in [0.4, 0.5) is 11.5 Å². The van der Waals surface area contributed by atoms with Gasteiger partial charge in [-0.3, -0.25) is 19.1 Å². The molecule has 2 aliphatic rings. The maximum Gasteiger partial charge on any atom is 0.339 e. The summed E-state index contributed by atoms with van der Waals surface area (Å²) in [6.45, 7) is 0.148. The standard InChI is InChI=1S/C26H26N4O5/c27-23-22(24(32)28-26(34)29(23)15-16-8-2-1-3-9-16)30(17-10-4-5-11-17)21(31)14-20-18-12-6-7-13-19(18)25(33)35-20/h1-3,6-9,12-13,17,20H,4-5,10-11,14-15,27H2,(H,28,32,34). The van der Waals surface area contributed by atoms with Crippen LogP contribution in [0, 0.1) is 0 Å². The molecule has 0 radical (unpaired) electrons. The van der Waals surface area contributed by atoms with E-state index in [0.717, 1.165) is 18.4 Å². The van der Waals surface area contributed by atoms with Crippen LogP contribution in [0.25, 0.3) is 0 Å². The Hall–Kier alpha value is -4.14. The van der Waals surface area contributed by atoms with Crippen LogP contribution >= 0.6 is 0 Å². The monoisotopic (exact) mass is 474 g/mol. The van der Waals surface area contributed by atoms with Crippen molar-refractivity contribution in [1.82, 2.24) is 9.55 Å². The normalized spacial score (nSPS) is 17.3. The number of nitrogen functional groups attached to an aromatic ring is 1. The predicted octanol–water partition coefficient (Wildman–Crippen LogP) is 2.74. The van der Waals surface area contributed by atoms with Gasteiger partial charge in [0.25, 0.3) is 5.56 Å². The van der Waals surface area contributed by atoms with Crippen LogP contribution in [0.3, 0.4) is 0 Å². The van der Waals surface area contributed by atoms with E-state index in [1.807, 2.05) is 30.3 Å². The second-order valence-corrected chi connectivity index (χ2v) is 8.95. The quantitative estimate of drug-likeness (QED) is 0.529. The number of fused-ring (bicyclic) bond motifs is 1. The SMILES string of the molecule is Nc1c(N(C(=O)CC2OC(=O)c3ccccc32)C2CCCC2)c(=O)[nH]c(=O)n1Cc1ccccc1. The summed E-state index contributed by atoms with van der Waals surface area (Å²) in [6, 6.07) is 16.0. The first-order valence-corrected chi connectivity index (χ1v) is 11.7. The molecule has 5 rings (SSSR count). The molecule has 1 atom stereocenters. The number of H-pyrrole nitrogens is 1. The maximum atomic E-state index is 13.7. The highest BCUT2D eigenvalue weighted by atomic mass is 16.5. The van der Waals surface area contributed by atoms with Gasteiger partial charge in [-0.1, -0.05) is 61.4 Å². The van der Waals surface area contributed by atoms with E-state index in [-0.39, 0.29) is 36.4 Å². The zero-order chi connectivity index (χ0) is 24.5. The number of hydrogen-bond acceptors (Lipinski definition) is 6. The molecule has 0 bridgehead atoms. The number of cyclic esters (lactones) is 1. The molecule has 0 saturated heterocycles. The molecule has 35 heavy (non-hydrogen) atoms. The minimum atomic E-state index is -0.745. The van der Waals surface area contributed by atoms with Crippen LogP contribution in [0.2, 0.25) is 0 Å². The van der Waals surface area contributed by atoms with E-state index in [0.29, 0.717) is 24.0 Å². The first-order valence-electron chi connectivity index (χ1n) is 11.7. The lowest BCUT2D eigenvalue weighted by Crippen LogP contribution is -2.46. The molecule has 1 aliphatic carbocycles. The number of carbonyl (C=O) groups excluding carboxylic acids is 2. The van der Waals surface area contributed by atoms with Crippen molar-refractivity contribution in [1.29, 1.82) is 0 Å². The number of aromatic amines is 1. The average Bonchev–Trinajstić information content (AvgIpc) is 3.49. The summed E-state index contributed by atoms with van der Waals surface area (Å²) >= 11 is 0. The summed E-state index contributed by atoms with van der Waals surface area (Å²) in [5.74, 6) is -0.917. The molecule has 3 N–H and O–H groups in total. The van der Waals surface area contributed by atoms with Gasteiger partial charge in [0.15, 0.2) is 5.69 Å². The van der Waals surface area contributed by atoms with Crippen LogP contribution in [0.1, 0.15) is 59.7 Å². The van der Waals surface area contributed by atoms with E-state index in [2.05, 4.69) is 4.98 Å². The van der Waals surface area contributed by atoms with Crippen LogP contribution in [-0.2, 0) is 16.1 Å². The number of nitrogens with zero attached hydrogens (tertiary/aromatic N) is 2. The number of carbonyl (C=O) groups is 2. The summed E-state index contributed by atoms with van der Waals surface area (Å²) in [5.41, 5.74) is 6.94. The lowest BCUT2D eigenvalue weighted by atomic mass is 10.0. The van der Waals surface area contributed by atoms with Crippen LogP contribution in [-0.4, -0.2) is 27.5 Å². The van der Waals surface area contributed by atoms with Crippen molar-refractivity contribution in [3.8, 4) is 0 Å². The number of rotatable bonds is 6. The Morgan fingerprint density at radius 1 is 1.03 bits per heavy atom. The largest absolute Gasteiger partial charge is 0.453 e. The second-order valence-electron chi connectivity index (χ2n) is 8.95. The Balaban J connectivity index is 1.53. The average molecular weight is 475 g/mol. The lowest BCUT2D eigenvalue weighted by molar-refractivity contribution is -0.121. The predicted molar refractivity (Wildman–Crippen MR) is 130 cm³/mol. The number of amides is 1. The van der Waals surface area contributed by atoms with Gasteiger partial charge in [-0.2, -0.15) is 0 Å². The van der Waals surface area contributed by atoms with Gasteiger partial charge < -0.3 is 15.4 Å². The zero-order valence-electron chi connectivity index (χ0n) is 19.1. The number of benzene rings is 2. The Kier molecular flexibility index (Phi) is 5.98. The highest BCUT2D eigenvalue weighted by Gasteiger charge is 2.37. The number of nitrogens with one attached hydrogen (secondary N) is 1. The number of aromatic nitrogens is 2. The van der Waals surface area contributed by atoms with Crippen LogP contribution < -0.4 is 21.9 Å². The van der Waals surface area contributed by atoms with E-state index < -0.39 is 23.3 Å². The van der Waals surface area contributed by atoms with Gasteiger partial charge in [0.05, 0.1) is 18.5 Å². The lowest BCUT2D eigenvalue weighted by Gasteiger charge is -2.30. The zero-order valence-corrected chi connectivity index (χ0v) is 19.1. The van der Waals surface area contributed by atoms with Gasteiger partial charge in [0.2, 0.25) is 5.91 Å². The molecule has 9 heteroatoms. The molecule has 1 unspecified atom stereocenters. The van der Waals surface area contributed by atoms with Crippen LogP contribution in [0.15, 0.2) is 64.2 Å². The summed E-state index contributed by atoms with van der Waals surface area (Å²) in [4.78, 5) is 55.4. The Morgan fingerprint density at radius 2 is 1.71 bits per heavy atom. The number of nitrogens with two attached hydrogens (primary N) is 1. The van der Waals surface area contributed by atoms with Crippen LogP contribution in [0.5, 0.6) is 0 Å². The topological polar surface area (TPSA) is 127 Å². The third-order valence-electron chi connectivity index (χ3n) is 6.73. The number of ether oxygens (including phenoxy) is 1. The van der Waals surface area contributed by atoms with E-state index in [1.165, 1.54) is 9.47 Å². The third-order valence-corrected chi connectivity index (χ3v) is 6.73. The smallest absolute Gasteiger partial charge is 0.339 e. The van der Waals surface area contributed by atoms with Crippen molar-refractivity contribution >= 4 is 23.4 Å². The molecular formula is C26H26N4O5. The van der Waals surface area contributed by atoms with Gasteiger partial charge in [0.1, 0.15) is 11.9 Å². The summed E-state index contributed by atoms with van der Waals surface area (Å²) in [6.07, 6.45) is 2.38. The molecule has 2 aromatic carbocycles. The molecule has 3 aromatic rings. The van der Waals surface area contributed by atoms with E-state index in [9.17, 15) is 19.2 Å². The summed E-state index contributed by atoms with van der Waals surface area (Å²) in [7, 11) is 0. The van der Waals surface area contributed by atoms with E-state index >= 15 is 0 Å². The molecule has 1 fully saturated rings. The first kappa shape index (κ1) is 22.6. The fourth-order valence-corrected chi connectivity index (χ4v) is 5.03. The molecule has 2 heterocycles. The molecule has 1 aliphatic heterocycles. The van der Waals surface area contributed by atoms with Gasteiger partial charge in [0, 0.05) is 11.6 Å². The third kappa shape index (κ3) is 4.25. The Morgan fingerprint density at radius 3 is 2.46 bits per heavy atom. The summed E-state index contributed by atoms with van der Waals surface area (Å²) < 4.78 is 6.74. The first-order chi connectivity index (χ1) is 16.9. The Bertz CT molecular complexity index is 1390. The molecular weight excluding hydrogens is 448 g/mol. The molecule has 1 aromatic heterocycles. The van der Waals surface area contributed by atoms with Gasteiger partial charge in [-0.25, -0.2) is 9.59 Å².